The Bertz CT molecular complexity index is 398. The summed E-state index contributed by atoms with van der Waals surface area (Å²) in [5, 5.41) is 3.79. The van der Waals surface area contributed by atoms with Crippen LogP contribution in [0.15, 0.2) is 18.3 Å². The Labute approximate surface area is 117 Å². The van der Waals surface area contributed by atoms with E-state index in [0.717, 1.165) is 25.2 Å². The van der Waals surface area contributed by atoms with Crippen LogP contribution < -0.4 is 5.32 Å². The Kier molecular flexibility index (Phi) is 4.24. The highest BCUT2D eigenvalue weighted by Gasteiger charge is 2.31. The van der Waals surface area contributed by atoms with Crippen molar-refractivity contribution in [1.29, 1.82) is 0 Å². The molecule has 0 bridgehead atoms. The number of hydrogen-bond acceptors (Lipinski definition) is 2. The second-order valence-corrected chi connectivity index (χ2v) is 6.13. The smallest absolute Gasteiger partial charge is 0.0361 e. The fourth-order valence-electron chi connectivity index (χ4n) is 3.73. The highest BCUT2D eigenvalue weighted by molar-refractivity contribution is 5.07. The second-order valence-electron chi connectivity index (χ2n) is 6.13. The van der Waals surface area contributed by atoms with E-state index in [9.17, 15) is 0 Å². The van der Waals surface area contributed by atoms with Gasteiger partial charge in [-0.1, -0.05) is 6.92 Å². The van der Waals surface area contributed by atoms with Crippen LogP contribution in [0.2, 0.25) is 0 Å². The van der Waals surface area contributed by atoms with Gasteiger partial charge in [0.05, 0.1) is 0 Å². The SMILES string of the molecule is CCCn1cccc1CNC1CCN2CCCC2C1. The molecule has 2 aliphatic heterocycles. The fourth-order valence-corrected chi connectivity index (χ4v) is 3.73. The number of fused-ring (bicyclic) bond motifs is 1. The number of aromatic nitrogens is 1. The minimum atomic E-state index is 0.726. The van der Waals surface area contributed by atoms with Crippen molar-refractivity contribution in [3.63, 3.8) is 0 Å². The molecule has 3 rings (SSSR count). The molecular formula is C16H27N3. The molecule has 1 aromatic rings. The van der Waals surface area contributed by atoms with Crippen LogP contribution in [0.4, 0.5) is 0 Å². The molecule has 1 N–H and O–H groups in total. The summed E-state index contributed by atoms with van der Waals surface area (Å²) >= 11 is 0. The third-order valence-corrected chi connectivity index (χ3v) is 4.78. The standard InChI is InChI=1S/C16H27N3/c1-2-8-18-9-4-6-16(18)13-17-14-7-11-19-10-3-5-15(19)12-14/h4,6,9,14-15,17H,2-3,5,7-8,10-13H2,1H3. The summed E-state index contributed by atoms with van der Waals surface area (Å²) in [4.78, 5) is 2.69. The Morgan fingerprint density at radius 1 is 1.32 bits per heavy atom. The van der Waals surface area contributed by atoms with Crippen molar-refractivity contribution in [2.75, 3.05) is 13.1 Å². The summed E-state index contributed by atoms with van der Waals surface area (Å²) < 4.78 is 2.39. The number of nitrogens with zero attached hydrogens (tertiary/aromatic N) is 2. The van der Waals surface area contributed by atoms with Crippen LogP contribution in [0, 0.1) is 0 Å². The van der Waals surface area contributed by atoms with Crippen molar-refractivity contribution in [2.45, 2.75) is 64.2 Å². The summed E-state index contributed by atoms with van der Waals surface area (Å²) in [5.41, 5.74) is 1.44. The van der Waals surface area contributed by atoms with E-state index in [2.05, 4.69) is 40.0 Å². The molecule has 2 unspecified atom stereocenters. The molecule has 0 saturated carbocycles. The van der Waals surface area contributed by atoms with E-state index >= 15 is 0 Å². The quantitative estimate of drug-likeness (QED) is 0.879. The zero-order chi connectivity index (χ0) is 13.1. The second kappa shape index (κ2) is 6.10. The fraction of sp³-hybridized carbons (Fsp3) is 0.750. The zero-order valence-corrected chi connectivity index (χ0v) is 12.1. The van der Waals surface area contributed by atoms with Gasteiger partial charge in [-0.3, -0.25) is 0 Å². The topological polar surface area (TPSA) is 20.2 Å². The van der Waals surface area contributed by atoms with Gasteiger partial charge in [-0.05, 0) is 57.3 Å². The van der Waals surface area contributed by atoms with E-state index in [-0.39, 0.29) is 0 Å². The molecule has 0 spiro atoms. The molecule has 0 radical (unpaired) electrons. The van der Waals surface area contributed by atoms with Gasteiger partial charge in [0.1, 0.15) is 0 Å². The average Bonchev–Trinajstić information content (AvgIpc) is 3.05. The summed E-state index contributed by atoms with van der Waals surface area (Å²) in [5.74, 6) is 0. The highest BCUT2D eigenvalue weighted by atomic mass is 15.2. The number of hydrogen-bond donors (Lipinski definition) is 1. The van der Waals surface area contributed by atoms with Gasteiger partial charge < -0.3 is 14.8 Å². The van der Waals surface area contributed by atoms with Gasteiger partial charge in [0.25, 0.3) is 0 Å². The number of piperidine rings is 1. The largest absolute Gasteiger partial charge is 0.350 e. The lowest BCUT2D eigenvalue weighted by Crippen LogP contribution is -2.45. The minimum absolute atomic E-state index is 0.726. The number of nitrogens with one attached hydrogen (secondary N) is 1. The normalized spacial score (nSPS) is 27.6. The van der Waals surface area contributed by atoms with Crippen molar-refractivity contribution >= 4 is 0 Å². The monoisotopic (exact) mass is 261 g/mol. The number of aryl methyl sites for hydroxylation is 1. The first-order valence-corrected chi connectivity index (χ1v) is 7.98. The molecule has 1 aromatic heterocycles. The summed E-state index contributed by atoms with van der Waals surface area (Å²) in [6, 6.07) is 6.03. The molecule has 106 valence electrons. The maximum absolute atomic E-state index is 3.79. The maximum Gasteiger partial charge on any atom is 0.0361 e. The van der Waals surface area contributed by atoms with Crippen LogP contribution in [0.5, 0.6) is 0 Å². The Balaban J connectivity index is 1.50. The van der Waals surface area contributed by atoms with Crippen LogP contribution in [-0.2, 0) is 13.1 Å². The van der Waals surface area contributed by atoms with E-state index in [1.807, 2.05) is 0 Å². The van der Waals surface area contributed by atoms with Gasteiger partial charge in [0.2, 0.25) is 0 Å². The highest BCUT2D eigenvalue weighted by Crippen LogP contribution is 2.26. The summed E-state index contributed by atoms with van der Waals surface area (Å²) in [7, 11) is 0. The van der Waals surface area contributed by atoms with Crippen LogP contribution in [-0.4, -0.2) is 34.6 Å². The molecule has 2 fully saturated rings. The van der Waals surface area contributed by atoms with E-state index in [4.69, 9.17) is 0 Å². The molecule has 3 heteroatoms. The molecule has 0 amide bonds. The van der Waals surface area contributed by atoms with E-state index < -0.39 is 0 Å². The molecule has 0 aliphatic carbocycles. The molecule has 3 heterocycles. The number of rotatable bonds is 5. The van der Waals surface area contributed by atoms with Crippen molar-refractivity contribution in [3.05, 3.63) is 24.0 Å². The average molecular weight is 261 g/mol. The van der Waals surface area contributed by atoms with Gasteiger partial charge in [0.15, 0.2) is 0 Å². The predicted molar refractivity (Wildman–Crippen MR) is 79.2 cm³/mol. The Morgan fingerprint density at radius 2 is 2.26 bits per heavy atom. The van der Waals surface area contributed by atoms with E-state index in [1.165, 1.54) is 50.9 Å². The van der Waals surface area contributed by atoms with Crippen LogP contribution in [0.1, 0.15) is 44.7 Å². The Morgan fingerprint density at radius 3 is 3.16 bits per heavy atom. The molecule has 3 nitrogen and oxygen atoms in total. The Hall–Kier alpha value is -0.800. The zero-order valence-electron chi connectivity index (χ0n) is 12.1. The van der Waals surface area contributed by atoms with Crippen LogP contribution in [0.3, 0.4) is 0 Å². The molecule has 2 atom stereocenters. The van der Waals surface area contributed by atoms with Crippen molar-refractivity contribution in [1.82, 2.24) is 14.8 Å². The summed E-state index contributed by atoms with van der Waals surface area (Å²) in [6.45, 7) is 7.07. The molecule has 2 aliphatic rings. The van der Waals surface area contributed by atoms with E-state index in [1.54, 1.807) is 0 Å². The van der Waals surface area contributed by atoms with Crippen LogP contribution in [0.25, 0.3) is 0 Å². The van der Waals surface area contributed by atoms with Gasteiger partial charge in [0, 0.05) is 37.1 Å². The first-order valence-electron chi connectivity index (χ1n) is 7.98. The lowest BCUT2D eigenvalue weighted by molar-refractivity contribution is 0.166. The summed E-state index contributed by atoms with van der Waals surface area (Å²) in [6.07, 6.45) is 8.93. The van der Waals surface area contributed by atoms with E-state index in [0.29, 0.717) is 0 Å². The minimum Gasteiger partial charge on any atom is -0.350 e. The lowest BCUT2D eigenvalue weighted by atomic mass is 9.97. The lowest BCUT2D eigenvalue weighted by Gasteiger charge is -2.35. The molecular weight excluding hydrogens is 234 g/mol. The van der Waals surface area contributed by atoms with Gasteiger partial charge >= 0.3 is 0 Å². The van der Waals surface area contributed by atoms with Crippen molar-refractivity contribution in [2.24, 2.45) is 0 Å². The third kappa shape index (κ3) is 3.03. The third-order valence-electron chi connectivity index (χ3n) is 4.78. The van der Waals surface area contributed by atoms with Gasteiger partial charge in [-0.25, -0.2) is 0 Å². The van der Waals surface area contributed by atoms with Crippen molar-refractivity contribution < 1.29 is 0 Å². The molecule has 0 aromatic carbocycles. The molecule has 19 heavy (non-hydrogen) atoms. The van der Waals surface area contributed by atoms with Crippen molar-refractivity contribution in [3.8, 4) is 0 Å². The van der Waals surface area contributed by atoms with Crippen LogP contribution >= 0.6 is 0 Å². The first-order chi connectivity index (χ1) is 9.36. The first kappa shape index (κ1) is 13.2. The van der Waals surface area contributed by atoms with Gasteiger partial charge in [-0.15, -0.1) is 0 Å². The maximum atomic E-state index is 3.79. The molecule has 2 saturated heterocycles. The predicted octanol–water partition coefficient (Wildman–Crippen LogP) is 2.61. The van der Waals surface area contributed by atoms with Gasteiger partial charge in [-0.2, -0.15) is 0 Å².